The Balaban J connectivity index is 0.00000225. The second-order valence-corrected chi connectivity index (χ2v) is 5.10. The minimum Gasteiger partial charge on any atom is -0.355 e. The van der Waals surface area contributed by atoms with Crippen LogP contribution in [-0.2, 0) is 4.79 Å². The summed E-state index contributed by atoms with van der Waals surface area (Å²) in [7, 11) is 0. The highest BCUT2D eigenvalue weighted by molar-refractivity contribution is 5.85. The van der Waals surface area contributed by atoms with Gasteiger partial charge in [-0.15, -0.1) is 12.4 Å². The Morgan fingerprint density at radius 3 is 2.44 bits per heavy atom. The molecule has 1 aliphatic rings. The number of hydrogen-bond acceptors (Lipinski definition) is 2. The molecule has 0 spiro atoms. The SMILES string of the molecule is CC(C)C(C)CNC(=O)CNCC1CC1.Cl. The highest BCUT2D eigenvalue weighted by atomic mass is 35.5. The summed E-state index contributed by atoms with van der Waals surface area (Å²) in [5.74, 6) is 2.15. The summed E-state index contributed by atoms with van der Waals surface area (Å²) in [6.45, 7) is 8.81. The molecule has 0 aromatic heterocycles. The lowest BCUT2D eigenvalue weighted by Crippen LogP contribution is -2.37. The van der Waals surface area contributed by atoms with Crippen LogP contribution in [0.3, 0.4) is 0 Å². The molecule has 1 amide bonds. The Hall–Kier alpha value is -0.280. The molecule has 1 fully saturated rings. The van der Waals surface area contributed by atoms with E-state index in [1.54, 1.807) is 0 Å². The molecule has 0 radical (unpaired) electrons. The van der Waals surface area contributed by atoms with Gasteiger partial charge in [-0.2, -0.15) is 0 Å². The van der Waals surface area contributed by atoms with Gasteiger partial charge in [-0.25, -0.2) is 0 Å². The minimum atomic E-state index is 0. The number of nitrogens with one attached hydrogen (secondary N) is 2. The summed E-state index contributed by atoms with van der Waals surface area (Å²) < 4.78 is 0. The smallest absolute Gasteiger partial charge is 0.233 e. The van der Waals surface area contributed by atoms with Crippen LogP contribution in [0.4, 0.5) is 0 Å². The first-order valence-corrected chi connectivity index (χ1v) is 6.07. The van der Waals surface area contributed by atoms with Gasteiger partial charge in [0.25, 0.3) is 0 Å². The van der Waals surface area contributed by atoms with Gasteiger partial charge >= 0.3 is 0 Å². The van der Waals surface area contributed by atoms with Gasteiger partial charge in [-0.3, -0.25) is 4.79 Å². The first kappa shape index (κ1) is 15.7. The van der Waals surface area contributed by atoms with Crippen molar-refractivity contribution in [3.8, 4) is 0 Å². The van der Waals surface area contributed by atoms with Crippen LogP contribution in [0.5, 0.6) is 0 Å². The monoisotopic (exact) mass is 248 g/mol. The third-order valence-corrected chi connectivity index (χ3v) is 3.17. The van der Waals surface area contributed by atoms with Crippen molar-refractivity contribution in [3.63, 3.8) is 0 Å². The largest absolute Gasteiger partial charge is 0.355 e. The average molecular weight is 249 g/mol. The zero-order valence-electron chi connectivity index (χ0n) is 10.6. The Labute approximate surface area is 105 Å². The van der Waals surface area contributed by atoms with E-state index in [2.05, 4.69) is 31.4 Å². The van der Waals surface area contributed by atoms with Crippen LogP contribution >= 0.6 is 12.4 Å². The molecular formula is C12H25ClN2O. The van der Waals surface area contributed by atoms with Gasteiger partial charge in [0.05, 0.1) is 6.54 Å². The molecule has 1 unspecified atom stereocenters. The number of halogens is 1. The van der Waals surface area contributed by atoms with E-state index in [4.69, 9.17) is 0 Å². The van der Waals surface area contributed by atoms with Gasteiger partial charge < -0.3 is 10.6 Å². The molecule has 1 aliphatic carbocycles. The molecule has 0 aromatic carbocycles. The van der Waals surface area contributed by atoms with Crippen molar-refractivity contribution in [1.29, 1.82) is 0 Å². The number of amides is 1. The molecule has 0 heterocycles. The van der Waals surface area contributed by atoms with Crippen LogP contribution in [0.15, 0.2) is 0 Å². The molecule has 0 aliphatic heterocycles. The van der Waals surface area contributed by atoms with Crippen molar-refractivity contribution < 1.29 is 4.79 Å². The molecular weight excluding hydrogens is 224 g/mol. The molecule has 1 rings (SSSR count). The van der Waals surface area contributed by atoms with E-state index in [-0.39, 0.29) is 18.3 Å². The zero-order chi connectivity index (χ0) is 11.3. The number of hydrogen-bond donors (Lipinski definition) is 2. The van der Waals surface area contributed by atoms with Crippen molar-refractivity contribution >= 4 is 18.3 Å². The number of rotatable bonds is 7. The molecule has 0 bridgehead atoms. The Kier molecular flexibility index (Phi) is 7.77. The first-order chi connectivity index (χ1) is 7.09. The zero-order valence-corrected chi connectivity index (χ0v) is 11.4. The van der Waals surface area contributed by atoms with Crippen molar-refractivity contribution in [1.82, 2.24) is 10.6 Å². The van der Waals surface area contributed by atoms with Crippen molar-refractivity contribution in [3.05, 3.63) is 0 Å². The fourth-order valence-corrected chi connectivity index (χ4v) is 1.28. The molecule has 1 saturated carbocycles. The summed E-state index contributed by atoms with van der Waals surface area (Å²) in [5, 5.41) is 6.14. The third kappa shape index (κ3) is 7.07. The fraction of sp³-hybridized carbons (Fsp3) is 0.917. The van der Waals surface area contributed by atoms with Gasteiger partial charge in [0.1, 0.15) is 0 Å². The predicted octanol–water partition coefficient (Wildman–Crippen LogP) is 1.82. The van der Waals surface area contributed by atoms with Crippen molar-refractivity contribution in [2.75, 3.05) is 19.6 Å². The fourth-order valence-electron chi connectivity index (χ4n) is 1.28. The van der Waals surface area contributed by atoms with E-state index in [1.807, 2.05) is 0 Å². The molecule has 0 saturated heterocycles. The lowest BCUT2D eigenvalue weighted by atomic mass is 9.98. The first-order valence-electron chi connectivity index (χ1n) is 6.07. The maximum Gasteiger partial charge on any atom is 0.233 e. The molecule has 16 heavy (non-hydrogen) atoms. The summed E-state index contributed by atoms with van der Waals surface area (Å²) in [6.07, 6.45) is 2.66. The molecule has 2 N–H and O–H groups in total. The van der Waals surface area contributed by atoms with Crippen molar-refractivity contribution in [2.24, 2.45) is 17.8 Å². The second kappa shape index (κ2) is 7.91. The van der Waals surface area contributed by atoms with Crippen molar-refractivity contribution in [2.45, 2.75) is 33.6 Å². The minimum absolute atomic E-state index is 0. The maximum absolute atomic E-state index is 11.4. The Morgan fingerprint density at radius 2 is 1.94 bits per heavy atom. The summed E-state index contributed by atoms with van der Waals surface area (Å²) >= 11 is 0. The topological polar surface area (TPSA) is 41.1 Å². The lowest BCUT2D eigenvalue weighted by Gasteiger charge is -2.16. The summed E-state index contributed by atoms with van der Waals surface area (Å²) in [6, 6.07) is 0. The normalized spacial score (nSPS) is 16.8. The Bertz CT molecular complexity index is 205. The standard InChI is InChI=1S/C12H24N2O.ClH/c1-9(2)10(3)6-14-12(15)8-13-7-11-4-5-11;/h9-11,13H,4-8H2,1-3H3,(H,14,15);1H. The summed E-state index contributed by atoms with van der Waals surface area (Å²) in [4.78, 5) is 11.4. The van der Waals surface area contributed by atoms with E-state index in [0.717, 1.165) is 19.0 Å². The molecule has 0 aromatic rings. The second-order valence-electron chi connectivity index (χ2n) is 5.10. The van der Waals surface area contributed by atoms with E-state index >= 15 is 0 Å². The van der Waals surface area contributed by atoms with Crippen LogP contribution in [0, 0.1) is 17.8 Å². The molecule has 96 valence electrons. The quantitative estimate of drug-likeness (QED) is 0.722. The lowest BCUT2D eigenvalue weighted by molar-refractivity contribution is -0.120. The van der Waals surface area contributed by atoms with Gasteiger partial charge in [-0.1, -0.05) is 20.8 Å². The molecule has 4 heteroatoms. The van der Waals surface area contributed by atoms with Gasteiger partial charge in [0.15, 0.2) is 0 Å². The maximum atomic E-state index is 11.4. The number of carbonyl (C=O) groups excluding carboxylic acids is 1. The number of carbonyl (C=O) groups is 1. The molecule has 3 nitrogen and oxygen atoms in total. The van der Waals surface area contributed by atoms with Gasteiger partial charge in [0, 0.05) is 6.54 Å². The van der Waals surface area contributed by atoms with Crippen LogP contribution in [0.1, 0.15) is 33.6 Å². The van der Waals surface area contributed by atoms with Crippen LogP contribution < -0.4 is 10.6 Å². The predicted molar refractivity (Wildman–Crippen MR) is 69.9 cm³/mol. The summed E-state index contributed by atoms with van der Waals surface area (Å²) in [5.41, 5.74) is 0. The van der Waals surface area contributed by atoms with Crippen LogP contribution in [-0.4, -0.2) is 25.5 Å². The third-order valence-electron chi connectivity index (χ3n) is 3.17. The molecule has 1 atom stereocenters. The van der Waals surface area contributed by atoms with Crippen LogP contribution in [0.2, 0.25) is 0 Å². The highest BCUT2D eigenvalue weighted by Crippen LogP contribution is 2.27. The average Bonchev–Trinajstić information content (AvgIpc) is 2.97. The van der Waals surface area contributed by atoms with E-state index in [0.29, 0.717) is 18.4 Å². The van der Waals surface area contributed by atoms with E-state index in [1.165, 1.54) is 12.8 Å². The van der Waals surface area contributed by atoms with Gasteiger partial charge in [0.2, 0.25) is 5.91 Å². The van der Waals surface area contributed by atoms with E-state index in [9.17, 15) is 4.79 Å². The van der Waals surface area contributed by atoms with Crippen LogP contribution in [0.25, 0.3) is 0 Å². The highest BCUT2D eigenvalue weighted by Gasteiger charge is 2.20. The van der Waals surface area contributed by atoms with E-state index < -0.39 is 0 Å². The van der Waals surface area contributed by atoms with Gasteiger partial charge in [-0.05, 0) is 37.1 Å². The Morgan fingerprint density at radius 1 is 1.31 bits per heavy atom.